The Kier molecular flexibility index (Phi) is 3.03. The van der Waals surface area contributed by atoms with E-state index in [4.69, 9.17) is 17.3 Å². The predicted molar refractivity (Wildman–Crippen MR) is 65.9 cm³/mol. The van der Waals surface area contributed by atoms with Gasteiger partial charge in [-0.25, -0.2) is 4.79 Å². The maximum atomic E-state index is 12.0. The minimum absolute atomic E-state index is 0.0449. The van der Waals surface area contributed by atoms with Crippen LogP contribution in [0.25, 0.3) is 11.0 Å². The van der Waals surface area contributed by atoms with Crippen molar-refractivity contribution >= 4 is 22.6 Å². The minimum Gasteiger partial charge on any atom is -0.330 e. The van der Waals surface area contributed by atoms with Crippen LogP contribution in [0.2, 0.25) is 5.02 Å². The number of hydrogen-bond acceptors (Lipinski definition) is 2. The molecule has 0 aliphatic rings. The SMILES string of the molecule is Cn1c(=O)n(CCCN)c2cccc(Cl)c21. The molecule has 4 nitrogen and oxygen atoms in total. The second kappa shape index (κ2) is 4.31. The lowest BCUT2D eigenvalue weighted by molar-refractivity contribution is 0.630. The normalized spacial score (nSPS) is 11.2. The molecule has 0 bridgehead atoms. The van der Waals surface area contributed by atoms with Crippen molar-refractivity contribution in [3.8, 4) is 0 Å². The summed E-state index contributed by atoms with van der Waals surface area (Å²) in [6, 6.07) is 5.54. The Balaban J connectivity index is 2.69. The van der Waals surface area contributed by atoms with E-state index in [0.29, 0.717) is 18.1 Å². The van der Waals surface area contributed by atoms with Crippen LogP contribution in [0.3, 0.4) is 0 Å². The van der Waals surface area contributed by atoms with E-state index in [1.165, 1.54) is 0 Å². The standard InChI is InChI=1S/C11H14ClN3O/c1-14-10-8(12)4-2-5-9(10)15(11(14)16)7-3-6-13/h2,4-5H,3,6-7,13H2,1H3. The first-order valence-corrected chi connectivity index (χ1v) is 5.58. The van der Waals surface area contributed by atoms with Gasteiger partial charge < -0.3 is 5.73 Å². The van der Waals surface area contributed by atoms with Crippen molar-refractivity contribution in [1.29, 1.82) is 0 Å². The van der Waals surface area contributed by atoms with Crippen LogP contribution in [0.4, 0.5) is 0 Å². The van der Waals surface area contributed by atoms with E-state index in [-0.39, 0.29) is 5.69 Å². The molecule has 16 heavy (non-hydrogen) atoms. The lowest BCUT2D eigenvalue weighted by Crippen LogP contribution is -2.23. The maximum absolute atomic E-state index is 12.0. The highest BCUT2D eigenvalue weighted by molar-refractivity contribution is 6.34. The van der Waals surface area contributed by atoms with Crippen LogP contribution in [-0.4, -0.2) is 15.7 Å². The van der Waals surface area contributed by atoms with E-state index < -0.39 is 0 Å². The molecule has 0 saturated heterocycles. The molecule has 1 aromatic heterocycles. The lowest BCUT2D eigenvalue weighted by Gasteiger charge is -2.01. The van der Waals surface area contributed by atoms with Gasteiger partial charge >= 0.3 is 5.69 Å². The summed E-state index contributed by atoms with van der Waals surface area (Å²) in [5.74, 6) is 0. The number of nitrogens with zero attached hydrogens (tertiary/aromatic N) is 2. The number of rotatable bonds is 3. The van der Waals surface area contributed by atoms with Crippen molar-refractivity contribution in [3.63, 3.8) is 0 Å². The molecule has 0 fully saturated rings. The Morgan fingerprint density at radius 1 is 1.44 bits per heavy atom. The molecule has 0 aliphatic heterocycles. The molecule has 0 spiro atoms. The number of hydrogen-bond donors (Lipinski definition) is 1. The maximum Gasteiger partial charge on any atom is 0.328 e. The molecule has 0 aliphatic carbocycles. The van der Waals surface area contributed by atoms with Crippen molar-refractivity contribution < 1.29 is 0 Å². The third-order valence-electron chi connectivity index (χ3n) is 2.70. The highest BCUT2D eigenvalue weighted by atomic mass is 35.5. The third-order valence-corrected chi connectivity index (χ3v) is 3.00. The number of halogens is 1. The Morgan fingerprint density at radius 3 is 2.88 bits per heavy atom. The van der Waals surface area contributed by atoms with Gasteiger partial charge in [0.25, 0.3) is 0 Å². The molecule has 5 heteroatoms. The number of para-hydroxylation sites is 1. The van der Waals surface area contributed by atoms with E-state index >= 15 is 0 Å². The molecule has 2 rings (SSSR count). The monoisotopic (exact) mass is 239 g/mol. The molecular formula is C11H14ClN3O. The smallest absolute Gasteiger partial charge is 0.328 e. The van der Waals surface area contributed by atoms with Crippen LogP contribution < -0.4 is 11.4 Å². The van der Waals surface area contributed by atoms with Gasteiger partial charge in [-0.15, -0.1) is 0 Å². The van der Waals surface area contributed by atoms with E-state index in [0.717, 1.165) is 17.5 Å². The third kappa shape index (κ3) is 1.64. The zero-order valence-electron chi connectivity index (χ0n) is 9.11. The number of nitrogens with two attached hydrogens (primary N) is 1. The Labute approximate surface area is 98.2 Å². The topological polar surface area (TPSA) is 53.0 Å². The summed E-state index contributed by atoms with van der Waals surface area (Å²) < 4.78 is 3.29. The van der Waals surface area contributed by atoms with Gasteiger partial charge in [0.1, 0.15) is 0 Å². The largest absolute Gasteiger partial charge is 0.330 e. The highest BCUT2D eigenvalue weighted by Gasteiger charge is 2.11. The fourth-order valence-electron chi connectivity index (χ4n) is 1.90. The zero-order valence-corrected chi connectivity index (χ0v) is 9.87. The first kappa shape index (κ1) is 11.2. The van der Waals surface area contributed by atoms with E-state index in [9.17, 15) is 4.79 Å². The van der Waals surface area contributed by atoms with Crippen LogP contribution in [0.1, 0.15) is 6.42 Å². The highest BCUT2D eigenvalue weighted by Crippen LogP contribution is 2.21. The molecule has 2 aromatic rings. The van der Waals surface area contributed by atoms with Crippen molar-refractivity contribution in [2.45, 2.75) is 13.0 Å². The van der Waals surface area contributed by atoms with Crippen molar-refractivity contribution in [2.75, 3.05) is 6.54 Å². The van der Waals surface area contributed by atoms with Gasteiger partial charge in [-0.05, 0) is 25.1 Å². The lowest BCUT2D eigenvalue weighted by atomic mass is 10.3. The second-order valence-corrected chi connectivity index (χ2v) is 4.15. The van der Waals surface area contributed by atoms with E-state index in [1.54, 1.807) is 22.2 Å². The number of benzene rings is 1. The van der Waals surface area contributed by atoms with Crippen LogP contribution >= 0.6 is 11.6 Å². The van der Waals surface area contributed by atoms with Gasteiger partial charge in [0, 0.05) is 13.6 Å². The minimum atomic E-state index is -0.0449. The number of imidazole rings is 1. The zero-order chi connectivity index (χ0) is 11.7. The fraction of sp³-hybridized carbons (Fsp3) is 0.364. The van der Waals surface area contributed by atoms with Crippen LogP contribution in [0.15, 0.2) is 23.0 Å². The van der Waals surface area contributed by atoms with E-state index in [2.05, 4.69) is 0 Å². The van der Waals surface area contributed by atoms with Crippen LogP contribution in [-0.2, 0) is 13.6 Å². The summed E-state index contributed by atoms with van der Waals surface area (Å²) >= 11 is 6.08. The number of aromatic nitrogens is 2. The summed E-state index contributed by atoms with van der Waals surface area (Å²) in [7, 11) is 1.73. The molecule has 0 radical (unpaired) electrons. The number of fused-ring (bicyclic) bond motifs is 1. The molecule has 0 saturated carbocycles. The van der Waals surface area contributed by atoms with Crippen molar-refractivity contribution in [3.05, 3.63) is 33.7 Å². The van der Waals surface area contributed by atoms with Crippen LogP contribution in [0.5, 0.6) is 0 Å². The molecule has 1 heterocycles. The van der Waals surface area contributed by atoms with Crippen molar-refractivity contribution in [2.24, 2.45) is 12.8 Å². The van der Waals surface area contributed by atoms with Gasteiger partial charge in [0.2, 0.25) is 0 Å². The van der Waals surface area contributed by atoms with Gasteiger partial charge in [-0.3, -0.25) is 9.13 Å². The Bertz CT molecular complexity index is 570. The quantitative estimate of drug-likeness (QED) is 0.879. The average molecular weight is 240 g/mol. The summed E-state index contributed by atoms with van der Waals surface area (Å²) in [6.45, 7) is 1.20. The van der Waals surface area contributed by atoms with Gasteiger partial charge in [0.05, 0.1) is 16.1 Å². The van der Waals surface area contributed by atoms with E-state index in [1.807, 2.05) is 12.1 Å². The summed E-state index contributed by atoms with van der Waals surface area (Å²) in [5, 5.41) is 0.601. The number of aryl methyl sites for hydroxylation is 2. The molecule has 0 unspecified atom stereocenters. The average Bonchev–Trinajstić information content (AvgIpc) is 2.51. The van der Waals surface area contributed by atoms with Gasteiger partial charge in [-0.2, -0.15) is 0 Å². The van der Waals surface area contributed by atoms with Crippen molar-refractivity contribution in [1.82, 2.24) is 9.13 Å². The summed E-state index contributed by atoms with van der Waals surface area (Å²) in [4.78, 5) is 12.0. The molecule has 2 N–H and O–H groups in total. The molecule has 1 aromatic carbocycles. The molecule has 0 amide bonds. The first-order chi connectivity index (χ1) is 7.66. The fourth-order valence-corrected chi connectivity index (χ4v) is 2.20. The molecule has 86 valence electrons. The summed E-state index contributed by atoms with van der Waals surface area (Å²) in [6.07, 6.45) is 0.783. The second-order valence-electron chi connectivity index (χ2n) is 3.74. The van der Waals surface area contributed by atoms with Crippen LogP contribution in [0, 0.1) is 0 Å². The predicted octanol–water partition coefficient (Wildman–Crippen LogP) is 1.34. The first-order valence-electron chi connectivity index (χ1n) is 5.20. The molecular weight excluding hydrogens is 226 g/mol. The Hall–Kier alpha value is -1.26. The van der Waals surface area contributed by atoms with Gasteiger partial charge in [-0.1, -0.05) is 17.7 Å². The summed E-state index contributed by atoms with van der Waals surface area (Å²) in [5.41, 5.74) is 7.07. The Morgan fingerprint density at radius 2 is 2.19 bits per heavy atom. The van der Waals surface area contributed by atoms with Gasteiger partial charge in [0.15, 0.2) is 0 Å². The molecule has 0 atom stereocenters.